The molecule has 2 aliphatic rings. The summed E-state index contributed by atoms with van der Waals surface area (Å²) >= 11 is 0. The second-order valence-corrected chi connectivity index (χ2v) is 6.73. The van der Waals surface area contributed by atoms with Gasteiger partial charge < -0.3 is 10.1 Å². The van der Waals surface area contributed by atoms with Gasteiger partial charge in [-0.25, -0.2) is 4.79 Å². The second-order valence-electron chi connectivity index (χ2n) is 6.73. The summed E-state index contributed by atoms with van der Waals surface area (Å²) in [5, 5.41) is 2.91. The molecule has 0 unspecified atom stereocenters. The van der Waals surface area contributed by atoms with Crippen molar-refractivity contribution in [3.8, 4) is 0 Å². The maximum atomic E-state index is 12.7. The predicted octanol–water partition coefficient (Wildman–Crippen LogP) is 2.21. The summed E-state index contributed by atoms with van der Waals surface area (Å²) in [4.78, 5) is 38.6. The molecule has 27 heavy (non-hydrogen) atoms. The van der Waals surface area contributed by atoms with Crippen molar-refractivity contribution in [2.45, 2.75) is 31.5 Å². The van der Waals surface area contributed by atoms with E-state index in [0.717, 1.165) is 5.56 Å². The fraction of sp³-hybridized carbons (Fsp3) is 0.286. The maximum Gasteiger partial charge on any atom is 0.340 e. The standard InChI is InChI=1S/C21H20N2O4/c24-18-11-10-17(19(25)22-13-12-14-6-2-1-3-7-14)23(18)20-15-8-4-5-9-16(15)21(26)27-20/h1-9,17,20H,10-13H2,(H,22,25)/t17-,20+/m1/s1. The molecule has 0 radical (unpaired) electrons. The van der Waals surface area contributed by atoms with Crippen LogP contribution in [0.3, 0.4) is 0 Å². The summed E-state index contributed by atoms with van der Waals surface area (Å²) in [5.41, 5.74) is 2.22. The normalized spacial score (nSPS) is 21.1. The number of ether oxygens (including phenoxy) is 1. The fourth-order valence-electron chi connectivity index (χ4n) is 3.68. The number of fused-ring (bicyclic) bond motifs is 1. The molecule has 0 spiro atoms. The summed E-state index contributed by atoms with van der Waals surface area (Å²) in [5.74, 6) is -0.844. The van der Waals surface area contributed by atoms with Crippen LogP contribution in [0.15, 0.2) is 54.6 Å². The Morgan fingerprint density at radius 1 is 1.07 bits per heavy atom. The molecule has 1 N–H and O–H groups in total. The number of carbonyl (C=O) groups is 3. The number of hydrogen-bond donors (Lipinski definition) is 1. The van der Waals surface area contributed by atoms with Crippen LogP contribution in [0, 0.1) is 0 Å². The highest BCUT2D eigenvalue weighted by molar-refractivity contribution is 5.96. The third-order valence-corrected chi connectivity index (χ3v) is 5.03. The molecule has 2 aliphatic heterocycles. The van der Waals surface area contributed by atoms with Crippen LogP contribution in [0.25, 0.3) is 0 Å². The maximum absolute atomic E-state index is 12.7. The van der Waals surface area contributed by atoms with Crippen molar-refractivity contribution in [3.63, 3.8) is 0 Å². The van der Waals surface area contributed by atoms with Gasteiger partial charge >= 0.3 is 5.97 Å². The van der Waals surface area contributed by atoms with Gasteiger partial charge in [-0.1, -0.05) is 48.5 Å². The average Bonchev–Trinajstić information content (AvgIpc) is 3.23. The first kappa shape index (κ1) is 17.3. The first-order valence-electron chi connectivity index (χ1n) is 9.08. The number of benzene rings is 2. The van der Waals surface area contributed by atoms with Crippen LogP contribution in [0.5, 0.6) is 0 Å². The van der Waals surface area contributed by atoms with Crippen LogP contribution in [-0.4, -0.2) is 35.3 Å². The number of nitrogens with zero attached hydrogens (tertiary/aromatic N) is 1. The quantitative estimate of drug-likeness (QED) is 0.826. The van der Waals surface area contributed by atoms with Gasteiger partial charge in [-0.3, -0.25) is 14.5 Å². The first-order valence-corrected chi connectivity index (χ1v) is 9.08. The van der Waals surface area contributed by atoms with Gasteiger partial charge in [0.05, 0.1) is 5.56 Å². The molecule has 6 nitrogen and oxygen atoms in total. The Bertz CT molecular complexity index is 881. The summed E-state index contributed by atoms with van der Waals surface area (Å²) in [7, 11) is 0. The highest BCUT2D eigenvalue weighted by atomic mass is 16.6. The van der Waals surface area contributed by atoms with Gasteiger partial charge in [0.15, 0.2) is 0 Å². The van der Waals surface area contributed by atoms with Crippen LogP contribution >= 0.6 is 0 Å². The molecule has 138 valence electrons. The lowest BCUT2D eigenvalue weighted by atomic mass is 10.1. The summed E-state index contributed by atoms with van der Waals surface area (Å²) in [6.45, 7) is 0.489. The minimum absolute atomic E-state index is 0.173. The summed E-state index contributed by atoms with van der Waals surface area (Å²) in [6.07, 6.45) is 0.585. The van der Waals surface area contributed by atoms with E-state index >= 15 is 0 Å². The molecule has 0 aliphatic carbocycles. The minimum Gasteiger partial charge on any atom is -0.433 e. The lowest BCUT2D eigenvalue weighted by Gasteiger charge is -2.29. The Balaban J connectivity index is 1.46. The molecule has 2 aromatic rings. The van der Waals surface area contributed by atoms with Gasteiger partial charge in [-0.15, -0.1) is 0 Å². The molecule has 1 fully saturated rings. The van der Waals surface area contributed by atoms with Crippen LogP contribution in [0.2, 0.25) is 0 Å². The van der Waals surface area contributed by atoms with Crippen molar-refractivity contribution in [2.24, 2.45) is 0 Å². The Labute approximate surface area is 157 Å². The third-order valence-electron chi connectivity index (χ3n) is 5.03. The van der Waals surface area contributed by atoms with Crippen LogP contribution in [0.1, 0.15) is 40.6 Å². The molecule has 0 bridgehead atoms. The van der Waals surface area contributed by atoms with E-state index in [-0.39, 0.29) is 18.2 Å². The topological polar surface area (TPSA) is 75.7 Å². The summed E-state index contributed by atoms with van der Waals surface area (Å²) < 4.78 is 5.43. The van der Waals surface area contributed by atoms with Crippen molar-refractivity contribution in [3.05, 3.63) is 71.3 Å². The smallest absolute Gasteiger partial charge is 0.340 e. The molecule has 4 rings (SSSR count). The number of amides is 2. The Hall–Kier alpha value is -3.15. The van der Waals surface area contributed by atoms with Crippen LogP contribution in [0.4, 0.5) is 0 Å². The number of rotatable bonds is 5. The summed E-state index contributed by atoms with van der Waals surface area (Å²) in [6, 6.07) is 16.2. The van der Waals surface area contributed by atoms with Gasteiger partial charge in [-0.2, -0.15) is 0 Å². The highest BCUT2D eigenvalue weighted by Crippen LogP contribution is 2.38. The van der Waals surface area contributed by atoms with Gasteiger partial charge in [-0.05, 0) is 24.5 Å². The first-order chi connectivity index (χ1) is 13.1. The minimum atomic E-state index is -0.825. The number of esters is 1. The Morgan fingerprint density at radius 2 is 1.81 bits per heavy atom. The molecule has 2 atom stereocenters. The van der Waals surface area contributed by atoms with Crippen molar-refractivity contribution in [1.29, 1.82) is 0 Å². The molecule has 6 heteroatoms. The van der Waals surface area contributed by atoms with E-state index in [1.54, 1.807) is 24.3 Å². The zero-order valence-electron chi connectivity index (χ0n) is 14.8. The number of likely N-dealkylation sites (tertiary alicyclic amines) is 1. The molecule has 1 saturated heterocycles. The lowest BCUT2D eigenvalue weighted by molar-refractivity contribution is -0.145. The SMILES string of the molecule is O=C1O[C@H](N2C(=O)CC[C@@H]2C(=O)NCCc2ccccc2)c2ccccc21. The average molecular weight is 364 g/mol. The third kappa shape index (κ3) is 3.30. The molecular formula is C21H20N2O4. The van der Waals surface area contributed by atoms with E-state index in [1.165, 1.54) is 4.90 Å². The molecule has 0 aromatic heterocycles. The van der Waals surface area contributed by atoms with Gasteiger partial charge in [0.1, 0.15) is 6.04 Å². The van der Waals surface area contributed by atoms with E-state index in [9.17, 15) is 14.4 Å². The van der Waals surface area contributed by atoms with Gasteiger partial charge in [0.25, 0.3) is 0 Å². The molecule has 2 amide bonds. The van der Waals surface area contributed by atoms with Gasteiger partial charge in [0.2, 0.25) is 18.0 Å². The molecule has 2 heterocycles. The molecule has 0 saturated carbocycles. The van der Waals surface area contributed by atoms with Crippen LogP contribution < -0.4 is 5.32 Å². The van der Waals surface area contributed by atoms with E-state index in [4.69, 9.17) is 4.74 Å². The zero-order valence-corrected chi connectivity index (χ0v) is 14.8. The number of hydrogen-bond acceptors (Lipinski definition) is 4. The zero-order chi connectivity index (χ0) is 18.8. The lowest BCUT2D eigenvalue weighted by Crippen LogP contribution is -2.46. The van der Waals surface area contributed by atoms with E-state index in [2.05, 4.69) is 5.32 Å². The van der Waals surface area contributed by atoms with Crippen molar-refractivity contribution >= 4 is 17.8 Å². The van der Waals surface area contributed by atoms with Crippen molar-refractivity contribution in [2.75, 3.05) is 6.54 Å². The Kier molecular flexibility index (Phi) is 4.62. The fourth-order valence-corrected chi connectivity index (χ4v) is 3.68. The van der Waals surface area contributed by atoms with E-state index in [0.29, 0.717) is 30.5 Å². The van der Waals surface area contributed by atoms with Crippen molar-refractivity contribution in [1.82, 2.24) is 10.2 Å². The predicted molar refractivity (Wildman–Crippen MR) is 97.6 cm³/mol. The highest BCUT2D eigenvalue weighted by Gasteiger charge is 2.46. The number of cyclic esters (lactones) is 1. The number of carbonyl (C=O) groups excluding carboxylic acids is 3. The van der Waals surface area contributed by atoms with E-state index < -0.39 is 18.2 Å². The Morgan fingerprint density at radius 3 is 2.63 bits per heavy atom. The largest absolute Gasteiger partial charge is 0.433 e. The molecular weight excluding hydrogens is 344 g/mol. The van der Waals surface area contributed by atoms with Crippen molar-refractivity contribution < 1.29 is 19.1 Å². The van der Waals surface area contributed by atoms with Crippen LogP contribution in [-0.2, 0) is 20.7 Å². The monoisotopic (exact) mass is 364 g/mol. The second kappa shape index (κ2) is 7.23. The number of nitrogens with one attached hydrogen (secondary N) is 1. The van der Waals surface area contributed by atoms with Gasteiger partial charge in [0, 0.05) is 18.5 Å². The molecule has 2 aromatic carbocycles. The van der Waals surface area contributed by atoms with E-state index in [1.807, 2.05) is 30.3 Å².